The Hall–Kier alpha value is -1.42. The fourth-order valence-corrected chi connectivity index (χ4v) is 3.38. The Labute approximate surface area is 122 Å². The largest absolute Gasteiger partial charge is 0.381 e. The molecule has 3 N–H and O–H groups in total. The van der Waals surface area contributed by atoms with E-state index < -0.39 is 5.41 Å². The first-order valence-corrected chi connectivity index (χ1v) is 7.45. The van der Waals surface area contributed by atoms with Crippen LogP contribution < -0.4 is 11.1 Å². The maximum Gasteiger partial charge on any atom is 0.232 e. The predicted molar refractivity (Wildman–Crippen MR) is 78.7 cm³/mol. The van der Waals surface area contributed by atoms with Crippen LogP contribution in [0.1, 0.15) is 28.8 Å². The van der Waals surface area contributed by atoms with Crippen molar-refractivity contribution in [2.24, 2.45) is 11.1 Å². The number of ether oxygens (including phenoxy) is 1. The summed E-state index contributed by atoms with van der Waals surface area (Å²) in [5.41, 5.74) is 6.74. The molecule has 0 radical (unpaired) electrons. The molecule has 5 nitrogen and oxygen atoms in total. The van der Waals surface area contributed by atoms with Crippen molar-refractivity contribution < 1.29 is 9.53 Å². The Bertz CT molecular complexity index is 554. The van der Waals surface area contributed by atoms with Crippen LogP contribution in [-0.4, -0.2) is 25.7 Å². The third-order valence-electron chi connectivity index (χ3n) is 4.05. The fourth-order valence-electron chi connectivity index (χ4n) is 2.37. The van der Waals surface area contributed by atoms with Gasteiger partial charge in [-0.1, -0.05) is 0 Å². The van der Waals surface area contributed by atoms with Crippen LogP contribution in [0.25, 0.3) is 0 Å². The number of nitrogens with one attached hydrogen (secondary N) is 1. The van der Waals surface area contributed by atoms with Gasteiger partial charge in [0.1, 0.15) is 11.1 Å². The summed E-state index contributed by atoms with van der Waals surface area (Å²) in [5, 5.41) is 12.8. The number of rotatable bonds is 3. The Morgan fingerprint density at radius 2 is 2.15 bits per heavy atom. The second-order valence-electron chi connectivity index (χ2n) is 5.15. The fraction of sp³-hybridized carbons (Fsp3) is 0.571. The lowest BCUT2D eigenvalue weighted by Gasteiger charge is -2.34. The van der Waals surface area contributed by atoms with Crippen LogP contribution in [0.3, 0.4) is 0 Å². The van der Waals surface area contributed by atoms with E-state index in [-0.39, 0.29) is 5.91 Å². The summed E-state index contributed by atoms with van der Waals surface area (Å²) in [7, 11) is 0. The molecule has 0 aromatic carbocycles. The van der Waals surface area contributed by atoms with E-state index in [1.807, 2.05) is 13.8 Å². The first-order chi connectivity index (χ1) is 9.54. The molecule has 2 rings (SSSR count). The van der Waals surface area contributed by atoms with E-state index in [1.165, 1.54) is 11.3 Å². The monoisotopic (exact) mass is 293 g/mol. The molecule has 0 atom stereocenters. The lowest BCUT2D eigenvalue weighted by molar-refractivity contribution is -0.130. The molecule has 1 aliphatic rings. The Balaban J connectivity index is 2.23. The number of anilines is 1. The van der Waals surface area contributed by atoms with E-state index in [2.05, 4.69) is 11.4 Å². The average molecular weight is 293 g/mol. The highest BCUT2D eigenvalue weighted by molar-refractivity contribution is 7.16. The minimum absolute atomic E-state index is 0.0962. The SMILES string of the molecule is Cc1sc(NC(=O)C2(CN)CCOCC2)c(C#N)c1C. The second-order valence-corrected chi connectivity index (χ2v) is 6.37. The third-order valence-corrected chi connectivity index (χ3v) is 5.17. The van der Waals surface area contributed by atoms with Crippen LogP contribution in [0, 0.1) is 30.6 Å². The van der Waals surface area contributed by atoms with Crippen LogP contribution in [0.15, 0.2) is 0 Å². The Morgan fingerprint density at radius 1 is 1.50 bits per heavy atom. The van der Waals surface area contributed by atoms with Gasteiger partial charge in [-0.2, -0.15) is 5.26 Å². The van der Waals surface area contributed by atoms with Gasteiger partial charge in [0.15, 0.2) is 0 Å². The first-order valence-electron chi connectivity index (χ1n) is 6.63. The van der Waals surface area contributed by atoms with Gasteiger partial charge in [0.25, 0.3) is 0 Å². The molecule has 20 heavy (non-hydrogen) atoms. The minimum atomic E-state index is -0.573. The third kappa shape index (κ3) is 2.57. The van der Waals surface area contributed by atoms with Crippen LogP contribution in [-0.2, 0) is 9.53 Å². The van der Waals surface area contributed by atoms with Gasteiger partial charge in [-0.15, -0.1) is 11.3 Å². The summed E-state index contributed by atoms with van der Waals surface area (Å²) < 4.78 is 5.31. The van der Waals surface area contributed by atoms with Crippen LogP contribution in [0.2, 0.25) is 0 Å². The van der Waals surface area contributed by atoms with Gasteiger partial charge in [0, 0.05) is 24.6 Å². The molecule has 0 bridgehead atoms. The van der Waals surface area contributed by atoms with Crippen molar-refractivity contribution in [3.8, 4) is 6.07 Å². The number of amides is 1. The zero-order valence-corrected chi connectivity index (χ0v) is 12.6. The molecular formula is C14H19N3O2S. The van der Waals surface area contributed by atoms with Crippen molar-refractivity contribution in [2.45, 2.75) is 26.7 Å². The number of hydrogen-bond donors (Lipinski definition) is 2. The summed E-state index contributed by atoms with van der Waals surface area (Å²) in [6, 6.07) is 2.16. The van der Waals surface area contributed by atoms with E-state index in [1.54, 1.807) is 0 Å². The highest BCUT2D eigenvalue weighted by Gasteiger charge is 2.39. The van der Waals surface area contributed by atoms with Crippen molar-refractivity contribution in [2.75, 3.05) is 25.1 Å². The van der Waals surface area contributed by atoms with E-state index >= 15 is 0 Å². The number of carbonyl (C=O) groups excluding carboxylic acids is 1. The van der Waals surface area contributed by atoms with E-state index in [0.29, 0.717) is 43.2 Å². The lowest BCUT2D eigenvalue weighted by Crippen LogP contribution is -2.46. The maximum absolute atomic E-state index is 12.6. The van der Waals surface area contributed by atoms with E-state index in [0.717, 1.165) is 10.4 Å². The van der Waals surface area contributed by atoms with Crippen molar-refractivity contribution in [1.82, 2.24) is 0 Å². The number of nitrogens with zero attached hydrogens (tertiary/aromatic N) is 1. The summed E-state index contributed by atoms with van der Waals surface area (Å²) in [6.07, 6.45) is 1.25. The van der Waals surface area contributed by atoms with Crippen molar-refractivity contribution in [1.29, 1.82) is 5.26 Å². The molecule has 6 heteroatoms. The number of thiophene rings is 1. The normalized spacial score (nSPS) is 17.5. The molecule has 0 spiro atoms. The molecular weight excluding hydrogens is 274 g/mol. The maximum atomic E-state index is 12.6. The molecule has 108 valence electrons. The molecule has 0 unspecified atom stereocenters. The quantitative estimate of drug-likeness (QED) is 0.891. The number of nitrogens with two attached hydrogens (primary N) is 1. The lowest BCUT2D eigenvalue weighted by atomic mass is 9.79. The standard InChI is InChI=1S/C14H19N3O2S/c1-9-10(2)20-12(11(9)7-15)17-13(18)14(8-16)3-5-19-6-4-14/h3-6,8,16H2,1-2H3,(H,17,18). The van der Waals surface area contributed by atoms with E-state index in [9.17, 15) is 10.1 Å². The molecule has 1 amide bonds. The highest BCUT2D eigenvalue weighted by Crippen LogP contribution is 2.35. The first kappa shape index (κ1) is 15.0. The molecule has 2 heterocycles. The smallest absolute Gasteiger partial charge is 0.232 e. The van der Waals surface area contributed by atoms with Gasteiger partial charge in [0.2, 0.25) is 5.91 Å². The summed E-state index contributed by atoms with van der Waals surface area (Å²) in [4.78, 5) is 13.6. The van der Waals surface area contributed by atoms with Crippen molar-refractivity contribution in [3.05, 3.63) is 16.0 Å². The zero-order chi connectivity index (χ0) is 14.8. The molecule has 1 fully saturated rings. The number of hydrogen-bond acceptors (Lipinski definition) is 5. The summed E-state index contributed by atoms with van der Waals surface area (Å²) in [6.45, 7) is 5.25. The summed E-state index contributed by atoms with van der Waals surface area (Å²) in [5.74, 6) is -0.0962. The van der Waals surface area contributed by atoms with Crippen molar-refractivity contribution >= 4 is 22.2 Å². The van der Waals surface area contributed by atoms with Gasteiger partial charge in [-0.25, -0.2) is 0 Å². The molecule has 1 saturated heterocycles. The molecule has 1 aromatic rings. The number of aryl methyl sites for hydroxylation is 1. The van der Waals surface area contributed by atoms with Crippen LogP contribution in [0.4, 0.5) is 5.00 Å². The average Bonchev–Trinajstić information content (AvgIpc) is 2.73. The Kier molecular flexibility index (Phi) is 4.43. The summed E-state index contributed by atoms with van der Waals surface area (Å²) >= 11 is 1.44. The van der Waals surface area contributed by atoms with E-state index in [4.69, 9.17) is 10.5 Å². The number of carbonyl (C=O) groups is 1. The highest BCUT2D eigenvalue weighted by atomic mass is 32.1. The molecule has 0 saturated carbocycles. The number of nitriles is 1. The topological polar surface area (TPSA) is 88.1 Å². The van der Waals surface area contributed by atoms with Crippen molar-refractivity contribution in [3.63, 3.8) is 0 Å². The molecule has 1 aromatic heterocycles. The van der Waals surface area contributed by atoms with Gasteiger partial charge in [-0.05, 0) is 32.3 Å². The minimum Gasteiger partial charge on any atom is -0.381 e. The van der Waals surface area contributed by atoms with Gasteiger partial charge >= 0.3 is 0 Å². The Morgan fingerprint density at radius 3 is 2.70 bits per heavy atom. The molecule has 0 aliphatic carbocycles. The molecule has 1 aliphatic heterocycles. The zero-order valence-electron chi connectivity index (χ0n) is 11.8. The predicted octanol–water partition coefficient (Wildman–Crippen LogP) is 1.93. The second kappa shape index (κ2) is 5.92. The van der Waals surface area contributed by atoms with Gasteiger partial charge in [0.05, 0.1) is 11.0 Å². The van der Waals surface area contributed by atoms with Crippen LogP contribution in [0.5, 0.6) is 0 Å². The van der Waals surface area contributed by atoms with Crippen LogP contribution >= 0.6 is 11.3 Å². The van der Waals surface area contributed by atoms with Gasteiger partial charge < -0.3 is 15.8 Å². The van der Waals surface area contributed by atoms with Gasteiger partial charge in [-0.3, -0.25) is 4.79 Å².